The minimum Gasteiger partial charge on any atom is -0.395 e. The van der Waals surface area contributed by atoms with E-state index in [4.69, 9.17) is 9.47 Å². The molecule has 2 aromatic carbocycles. The maximum atomic E-state index is 14.1. The molecule has 8 nitrogen and oxygen atoms in total. The third-order valence-electron chi connectivity index (χ3n) is 7.46. The highest BCUT2D eigenvalue weighted by atomic mass is 19.3. The van der Waals surface area contributed by atoms with Crippen LogP contribution in [-0.2, 0) is 7.05 Å². The van der Waals surface area contributed by atoms with Gasteiger partial charge in [-0.1, -0.05) is 24.3 Å². The normalized spacial score (nSPS) is 19.0. The fourth-order valence-corrected chi connectivity index (χ4v) is 5.61. The minimum atomic E-state index is -3.78. The van der Waals surface area contributed by atoms with Crippen LogP contribution in [0.5, 0.6) is 11.5 Å². The number of pyridine rings is 2. The molecule has 0 N–H and O–H groups in total. The largest absolute Gasteiger partial charge is 0.586 e. The number of anilines is 1. The Balaban J connectivity index is 1.39. The van der Waals surface area contributed by atoms with E-state index in [-0.39, 0.29) is 28.8 Å². The zero-order valence-electron chi connectivity index (χ0n) is 21.6. The summed E-state index contributed by atoms with van der Waals surface area (Å²) in [6.45, 7) is 3.41. The van der Waals surface area contributed by atoms with Gasteiger partial charge in [0, 0.05) is 44.4 Å². The second-order valence-electron chi connectivity index (χ2n) is 9.94. The maximum absolute atomic E-state index is 14.1. The highest BCUT2D eigenvalue weighted by Gasteiger charge is 2.46. The number of para-hydroxylation sites is 1. The average Bonchev–Trinajstić information content (AvgIpc) is 3.26. The highest BCUT2D eigenvalue weighted by molar-refractivity contribution is 5.89. The molecule has 4 heterocycles. The Kier molecular flexibility index (Phi) is 6.15. The van der Waals surface area contributed by atoms with Crippen molar-refractivity contribution in [1.82, 2.24) is 14.5 Å². The Morgan fingerprint density at radius 3 is 2.60 bits per heavy atom. The molecule has 0 aliphatic carbocycles. The van der Waals surface area contributed by atoms with Gasteiger partial charge in [-0.3, -0.25) is 9.69 Å². The standard InChI is InChI=1S/C29H24F3N5O3/c1-17-16-36(12-13-37(17)23-14-25(38)35(2)22-11-10-20(15-33)34-26(22)23)27(18-6-8-19(30)9-7-18)21-4-3-5-24-28(21)40-29(31,32)39-24/h3-11,14,17,27H,12-13,16H2,1-2H3/t17-,27?/m0/s1. The Morgan fingerprint density at radius 1 is 1.10 bits per heavy atom. The molecular formula is C29H24F3N5O3. The molecule has 11 heteroatoms. The molecule has 6 rings (SSSR count). The number of hydrogen-bond donors (Lipinski definition) is 0. The van der Waals surface area contributed by atoms with Crippen LogP contribution in [0.4, 0.5) is 18.9 Å². The second-order valence-corrected chi connectivity index (χ2v) is 9.94. The van der Waals surface area contributed by atoms with Crippen LogP contribution in [0.25, 0.3) is 11.0 Å². The number of alkyl halides is 2. The first-order chi connectivity index (χ1) is 19.1. The van der Waals surface area contributed by atoms with E-state index in [0.29, 0.717) is 47.5 Å². The maximum Gasteiger partial charge on any atom is 0.586 e. The highest BCUT2D eigenvalue weighted by Crippen LogP contribution is 2.48. The minimum absolute atomic E-state index is 0.0531. The zero-order chi connectivity index (χ0) is 28.2. The van der Waals surface area contributed by atoms with Gasteiger partial charge >= 0.3 is 6.29 Å². The summed E-state index contributed by atoms with van der Waals surface area (Å²) in [5, 5.41) is 9.41. The number of aryl methyl sites for hydroxylation is 1. The molecule has 2 atom stereocenters. The van der Waals surface area contributed by atoms with Crippen LogP contribution in [0.1, 0.15) is 29.8 Å². The van der Waals surface area contributed by atoms with E-state index in [0.717, 1.165) is 0 Å². The molecule has 4 aromatic rings. The van der Waals surface area contributed by atoms with Gasteiger partial charge in [-0.05, 0) is 42.8 Å². The Morgan fingerprint density at radius 2 is 1.88 bits per heavy atom. The molecule has 0 radical (unpaired) electrons. The summed E-state index contributed by atoms with van der Waals surface area (Å²) in [4.78, 5) is 21.5. The fraction of sp³-hybridized carbons (Fsp3) is 0.276. The van der Waals surface area contributed by atoms with Gasteiger partial charge in [0.05, 0.1) is 17.2 Å². The quantitative estimate of drug-likeness (QED) is 0.370. The smallest absolute Gasteiger partial charge is 0.395 e. The molecule has 1 fully saturated rings. The van der Waals surface area contributed by atoms with E-state index >= 15 is 0 Å². The van der Waals surface area contributed by atoms with Crippen LogP contribution < -0.4 is 19.9 Å². The zero-order valence-corrected chi connectivity index (χ0v) is 21.6. The molecule has 0 bridgehead atoms. The number of nitrogens with zero attached hydrogens (tertiary/aromatic N) is 5. The molecular weight excluding hydrogens is 523 g/mol. The Hall–Kier alpha value is -4.56. The van der Waals surface area contributed by atoms with Crippen molar-refractivity contribution < 1.29 is 22.6 Å². The number of hydrogen-bond acceptors (Lipinski definition) is 7. The Bertz CT molecular complexity index is 1720. The van der Waals surface area contributed by atoms with Crippen LogP contribution >= 0.6 is 0 Å². The number of halogens is 3. The van der Waals surface area contributed by atoms with Crippen molar-refractivity contribution in [2.24, 2.45) is 7.05 Å². The first-order valence-electron chi connectivity index (χ1n) is 12.7. The lowest BCUT2D eigenvalue weighted by molar-refractivity contribution is -0.287. The Labute approximate surface area is 227 Å². The first kappa shape index (κ1) is 25.7. The fourth-order valence-electron chi connectivity index (χ4n) is 5.61. The molecule has 1 unspecified atom stereocenters. The van der Waals surface area contributed by atoms with E-state index in [9.17, 15) is 23.2 Å². The molecule has 0 spiro atoms. The molecule has 2 aromatic heterocycles. The molecule has 40 heavy (non-hydrogen) atoms. The van der Waals surface area contributed by atoms with Gasteiger partial charge in [0.2, 0.25) is 0 Å². The van der Waals surface area contributed by atoms with Gasteiger partial charge in [-0.15, -0.1) is 8.78 Å². The van der Waals surface area contributed by atoms with Crippen molar-refractivity contribution in [3.05, 3.63) is 93.7 Å². The van der Waals surface area contributed by atoms with Gasteiger partial charge in [-0.2, -0.15) is 5.26 Å². The van der Waals surface area contributed by atoms with Gasteiger partial charge in [0.15, 0.2) is 11.5 Å². The second kappa shape index (κ2) is 9.57. The van der Waals surface area contributed by atoms with Crippen LogP contribution in [0.3, 0.4) is 0 Å². The van der Waals surface area contributed by atoms with Gasteiger partial charge < -0.3 is 18.9 Å². The van der Waals surface area contributed by atoms with Gasteiger partial charge in [0.25, 0.3) is 5.56 Å². The van der Waals surface area contributed by atoms with E-state index in [1.165, 1.54) is 28.8 Å². The van der Waals surface area contributed by atoms with Crippen LogP contribution in [0.15, 0.2) is 65.5 Å². The van der Waals surface area contributed by atoms with Crippen LogP contribution in [0.2, 0.25) is 0 Å². The lowest BCUT2D eigenvalue weighted by atomic mass is 9.94. The SMILES string of the molecule is C[C@H]1CN(C(c2ccc(F)cc2)c2cccc3c2OC(F)(F)O3)CCN1c1cc(=O)n(C)c2ccc(C#N)nc12. The van der Waals surface area contributed by atoms with Crippen molar-refractivity contribution >= 4 is 16.7 Å². The molecule has 1 saturated heterocycles. The van der Waals surface area contributed by atoms with Crippen LogP contribution in [0, 0.1) is 17.1 Å². The average molecular weight is 548 g/mol. The molecule has 0 saturated carbocycles. The van der Waals surface area contributed by atoms with E-state index in [1.807, 2.05) is 6.92 Å². The summed E-state index contributed by atoms with van der Waals surface area (Å²) < 4.78 is 53.1. The van der Waals surface area contributed by atoms with Gasteiger partial charge in [0.1, 0.15) is 23.1 Å². The van der Waals surface area contributed by atoms with Crippen LogP contribution in [-0.4, -0.2) is 46.4 Å². The van der Waals surface area contributed by atoms with Crippen molar-refractivity contribution in [2.75, 3.05) is 24.5 Å². The van der Waals surface area contributed by atoms with Crippen molar-refractivity contribution in [3.63, 3.8) is 0 Å². The lowest BCUT2D eigenvalue weighted by Gasteiger charge is -2.44. The number of piperazine rings is 1. The molecule has 2 aliphatic heterocycles. The molecule has 0 amide bonds. The third kappa shape index (κ3) is 4.40. The number of nitriles is 1. The summed E-state index contributed by atoms with van der Waals surface area (Å²) in [6, 6.07) is 16.9. The summed E-state index contributed by atoms with van der Waals surface area (Å²) in [5.41, 5.74) is 2.99. The number of fused-ring (bicyclic) bond motifs is 2. The monoisotopic (exact) mass is 547 g/mol. The number of rotatable bonds is 4. The van der Waals surface area contributed by atoms with E-state index < -0.39 is 18.2 Å². The van der Waals surface area contributed by atoms with Crippen molar-refractivity contribution in [3.8, 4) is 17.6 Å². The number of aromatic nitrogens is 2. The first-order valence-corrected chi connectivity index (χ1v) is 12.7. The van der Waals surface area contributed by atoms with Gasteiger partial charge in [-0.25, -0.2) is 9.37 Å². The number of benzene rings is 2. The summed E-state index contributed by atoms with van der Waals surface area (Å²) in [6.07, 6.45) is -3.78. The summed E-state index contributed by atoms with van der Waals surface area (Å²) >= 11 is 0. The molecule has 204 valence electrons. The van der Waals surface area contributed by atoms with Crippen molar-refractivity contribution in [1.29, 1.82) is 5.26 Å². The third-order valence-corrected chi connectivity index (χ3v) is 7.46. The van der Waals surface area contributed by atoms with E-state index in [2.05, 4.69) is 20.9 Å². The molecule has 2 aliphatic rings. The summed E-state index contributed by atoms with van der Waals surface area (Å²) in [7, 11) is 1.66. The predicted octanol–water partition coefficient (Wildman–Crippen LogP) is 4.57. The summed E-state index contributed by atoms with van der Waals surface area (Å²) in [5.74, 6) is -0.526. The van der Waals surface area contributed by atoms with E-state index in [1.54, 1.807) is 43.4 Å². The lowest BCUT2D eigenvalue weighted by Crippen LogP contribution is -2.53. The predicted molar refractivity (Wildman–Crippen MR) is 141 cm³/mol. The topological polar surface area (TPSA) is 83.6 Å². The number of ether oxygens (including phenoxy) is 2. The van der Waals surface area contributed by atoms with Crippen molar-refractivity contribution in [2.45, 2.75) is 25.3 Å².